The lowest BCUT2D eigenvalue weighted by Crippen LogP contribution is -2.06. The molecule has 2 aromatic rings. The molecule has 0 aliphatic rings. The predicted molar refractivity (Wildman–Crippen MR) is 79.4 cm³/mol. The van der Waals surface area contributed by atoms with Crippen molar-refractivity contribution in [2.45, 2.75) is 26.8 Å². The average molecular weight is 290 g/mol. The van der Waals surface area contributed by atoms with Crippen molar-refractivity contribution in [2.75, 3.05) is 12.3 Å². The molecular weight excluding hydrogens is 272 g/mol. The average Bonchev–Trinajstić information content (AvgIpc) is 2.72. The number of nitrogen functional groups attached to an aromatic ring is 1. The maximum Gasteiger partial charge on any atom is 0.333 e. The zero-order chi connectivity index (χ0) is 15.4. The van der Waals surface area contributed by atoms with Crippen LogP contribution in [0.5, 0.6) is 5.75 Å². The van der Waals surface area contributed by atoms with E-state index in [9.17, 15) is 10.1 Å². The summed E-state index contributed by atoms with van der Waals surface area (Å²) in [4.78, 5) is 10.4. The van der Waals surface area contributed by atoms with Crippen molar-refractivity contribution < 1.29 is 9.66 Å². The van der Waals surface area contributed by atoms with Crippen LogP contribution in [0.4, 0.5) is 11.5 Å². The molecule has 2 rings (SSSR count). The highest BCUT2D eigenvalue weighted by atomic mass is 16.6. The van der Waals surface area contributed by atoms with Crippen LogP contribution in [0.3, 0.4) is 0 Å². The standard InChI is InChI=1S/C14H18N4O3/c1-3-8-21-12-6-4-11(5-7-12)9-17-14(15)13(18(19)20)10(2)16-17/h4-7H,3,8-9,15H2,1-2H3. The Morgan fingerprint density at radius 3 is 2.57 bits per heavy atom. The number of nitrogens with two attached hydrogens (primary N) is 1. The molecule has 0 saturated carbocycles. The minimum Gasteiger partial charge on any atom is -0.494 e. The molecule has 0 aliphatic carbocycles. The van der Waals surface area contributed by atoms with Crippen LogP contribution >= 0.6 is 0 Å². The molecule has 0 bridgehead atoms. The molecule has 2 N–H and O–H groups in total. The van der Waals surface area contributed by atoms with Crippen LogP contribution < -0.4 is 10.5 Å². The first-order valence-corrected chi connectivity index (χ1v) is 6.72. The molecule has 21 heavy (non-hydrogen) atoms. The Morgan fingerprint density at radius 2 is 2.05 bits per heavy atom. The van der Waals surface area contributed by atoms with Gasteiger partial charge in [0.25, 0.3) is 0 Å². The molecule has 0 unspecified atom stereocenters. The highest BCUT2D eigenvalue weighted by molar-refractivity contribution is 5.56. The Hall–Kier alpha value is -2.57. The van der Waals surface area contributed by atoms with Crippen LogP contribution in [0, 0.1) is 17.0 Å². The fourth-order valence-corrected chi connectivity index (χ4v) is 2.02. The molecule has 0 saturated heterocycles. The van der Waals surface area contributed by atoms with Crippen LogP contribution in [-0.4, -0.2) is 21.3 Å². The van der Waals surface area contributed by atoms with Gasteiger partial charge in [0.05, 0.1) is 18.1 Å². The van der Waals surface area contributed by atoms with Crippen molar-refractivity contribution in [3.05, 3.63) is 45.6 Å². The number of aryl methyl sites for hydroxylation is 1. The molecular formula is C14H18N4O3. The maximum absolute atomic E-state index is 10.9. The second kappa shape index (κ2) is 6.25. The molecule has 7 heteroatoms. The topological polar surface area (TPSA) is 96.2 Å². The number of nitro groups is 1. The van der Waals surface area contributed by atoms with E-state index in [4.69, 9.17) is 10.5 Å². The van der Waals surface area contributed by atoms with Crippen molar-refractivity contribution in [3.8, 4) is 5.75 Å². The van der Waals surface area contributed by atoms with E-state index in [-0.39, 0.29) is 11.5 Å². The van der Waals surface area contributed by atoms with Crippen molar-refractivity contribution >= 4 is 11.5 Å². The largest absolute Gasteiger partial charge is 0.494 e. The smallest absolute Gasteiger partial charge is 0.333 e. The Morgan fingerprint density at radius 1 is 1.38 bits per heavy atom. The van der Waals surface area contributed by atoms with Gasteiger partial charge in [-0.15, -0.1) is 0 Å². The highest BCUT2D eigenvalue weighted by Gasteiger charge is 2.22. The molecule has 0 spiro atoms. The molecule has 0 radical (unpaired) electrons. The lowest BCUT2D eigenvalue weighted by Gasteiger charge is -2.07. The van der Waals surface area contributed by atoms with Crippen molar-refractivity contribution in [3.63, 3.8) is 0 Å². The molecule has 1 aromatic carbocycles. The number of benzene rings is 1. The molecule has 1 aromatic heterocycles. The van der Waals surface area contributed by atoms with E-state index in [1.807, 2.05) is 31.2 Å². The van der Waals surface area contributed by atoms with Crippen LogP contribution in [0.2, 0.25) is 0 Å². The predicted octanol–water partition coefficient (Wildman–Crippen LogP) is 2.52. The van der Waals surface area contributed by atoms with Gasteiger partial charge in [0.15, 0.2) is 0 Å². The van der Waals surface area contributed by atoms with Crippen LogP contribution in [-0.2, 0) is 6.54 Å². The summed E-state index contributed by atoms with van der Waals surface area (Å²) in [5.74, 6) is 0.875. The zero-order valence-corrected chi connectivity index (χ0v) is 12.1. The van der Waals surface area contributed by atoms with Gasteiger partial charge in [-0.2, -0.15) is 5.10 Å². The summed E-state index contributed by atoms with van der Waals surface area (Å²) in [5, 5.41) is 15.0. The summed E-state index contributed by atoms with van der Waals surface area (Å²) in [6.07, 6.45) is 0.953. The summed E-state index contributed by atoms with van der Waals surface area (Å²) < 4.78 is 6.94. The molecule has 0 atom stereocenters. The lowest BCUT2D eigenvalue weighted by molar-refractivity contribution is -0.384. The summed E-state index contributed by atoms with van der Waals surface area (Å²) in [7, 11) is 0. The molecule has 112 valence electrons. The van der Waals surface area contributed by atoms with Crippen LogP contribution in [0.15, 0.2) is 24.3 Å². The molecule has 7 nitrogen and oxygen atoms in total. The third-order valence-corrected chi connectivity index (χ3v) is 3.05. The van der Waals surface area contributed by atoms with E-state index in [2.05, 4.69) is 5.10 Å². The molecule has 1 heterocycles. The monoisotopic (exact) mass is 290 g/mol. The number of rotatable bonds is 6. The first kappa shape index (κ1) is 14.8. The van der Waals surface area contributed by atoms with Gasteiger partial charge in [-0.05, 0) is 31.0 Å². The summed E-state index contributed by atoms with van der Waals surface area (Å²) in [5.41, 5.74) is 6.92. The van der Waals surface area contributed by atoms with Gasteiger partial charge in [-0.3, -0.25) is 10.1 Å². The van der Waals surface area contributed by atoms with Crippen molar-refractivity contribution in [1.82, 2.24) is 9.78 Å². The zero-order valence-electron chi connectivity index (χ0n) is 12.1. The van der Waals surface area contributed by atoms with Crippen LogP contribution in [0.1, 0.15) is 24.6 Å². The van der Waals surface area contributed by atoms with E-state index in [0.29, 0.717) is 18.8 Å². The van der Waals surface area contributed by atoms with Gasteiger partial charge < -0.3 is 10.5 Å². The fraction of sp³-hybridized carbons (Fsp3) is 0.357. The van der Waals surface area contributed by atoms with Crippen molar-refractivity contribution in [1.29, 1.82) is 0 Å². The summed E-state index contributed by atoms with van der Waals surface area (Å²) in [6.45, 7) is 4.68. The van der Waals surface area contributed by atoms with Gasteiger partial charge in [-0.1, -0.05) is 19.1 Å². The van der Waals surface area contributed by atoms with Gasteiger partial charge in [0.1, 0.15) is 11.4 Å². The summed E-state index contributed by atoms with van der Waals surface area (Å²) in [6, 6.07) is 7.53. The number of hydrogen-bond acceptors (Lipinski definition) is 5. The first-order valence-electron chi connectivity index (χ1n) is 6.72. The fourth-order valence-electron chi connectivity index (χ4n) is 2.02. The van der Waals surface area contributed by atoms with Gasteiger partial charge in [0, 0.05) is 0 Å². The molecule has 0 aliphatic heterocycles. The second-order valence-corrected chi connectivity index (χ2v) is 4.73. The number of nitrogens with zero attached hydrogens (tertiary/aromatic N) is 3. The van der Waals surface area contributed by atoms with Gasteiger partial charge in [0.2, 0.25) is 5.82 Å². The van der Waals surface area contributed by atoms with E-state index in [1.54, 1.807) is 6.92 Å². The normalized spacial score (nSPS) is 10.6. The highest BCUT2D eigenvalue weighted by Crippen LogP contribution is 2.25. The molecule has 0 fully saturated rings. The number of ether oxygens (including phenoxy) is 1. The van der Waals surface area contributed by atoms with Crippen molar-refractivity contribution in [2.24, 2.45) is 0 Å². The summed E-state index contributed by atoms with van der Waals surface area (Å²) >= 11 is 0. The third-order valence-electron chi connectivity index (χ3n) is 3.05. The minimum absolute atomic E-state index is 0.0730. The minimum atomic E-state index is -0.504. The Labute approximate surface area is 122 Å². The van der Waals surface area contributed by atoms with Gasteiger partial charge >= 0.3 is 5.69 Å². The van der Waals surface area contributed by atoms with E-state index in [0.717, 1.165) is 17.7 Å². The number of hydrogen-bond donors (Lipinski definition) is 1. The first-order chi connectivity index (χ1) is 10.0. The van der Waals surface area contributed by atoms with Gasteiger partial charge in [-0.25, -0.2) is 4.68 Å². The van der Waals surface area contributed by atoms with E-state index < -0.39 is 4.92 Å². The Balaban J connectivity index is 2.15. The van der Waals surface area contributed by atoms with Crippen LogP contribution in [0.25, 0.3) is 0 Å². The quantitative estimate of drug-likeness (QED) is 0.651. The third kappa shape index (κ3) is 3.31. The second-order valence-electron chi connectivity index (χ2n) is 4.73. The SMILES string of the molecule is CCCOc1ccc(Cn2nc(C)c([N+](=O)[O-])c2N)cc1. The Bertz CT molecular complexity index is 634. The van der Waals surface area contributed by atoms with E-state index in [1.165, 1.54) is 4.68 Å². The number of aromatic nitrogens is 2. The lowest BCUT2D eigenvalue weighted by atomic mass is 10.2. The van der Waals surface area contributed by atoms with E-state index >= 15 is 0 Å². The maximum atomic E-state index is 10.9. The number of anilines is 1. The molecule has 0 amide bonds. The Kier molecular flexibility index (Phi) is 4.42.